The monoisotopic (exact) mass is 434 g/mol. The van der Waals surface area contributed by atoms with Crippen molar-refractivity contribution < 1.29 is 18.7 Å². The zero-order chi connectivity index (χ0) is 22.5. The highest BCUT2D eigenvalue weighted by Crippen LogP contribution is 2.34. The lowest BCUT2D eigenvalue weighted by molar-refractivity contribution is 0.0937. The molecule has 0 bridgehead atoms. The molecule has 1 aliphatic rings. The fourth-order valence-corrected chi connectivity index (χ4v) is 3.41. The van der Waals surface area contributed by atoms with Gasteiger partial charge >= 0.3 is 0 Å². The summed E-state index contributed by atoms with van der Waals surface area (Å²) in [4.78, 5) is 20.7. The Hall–Kier alpha value is -3.78. The van der Waals surface area contributed by atoms with E-state index < -0.39 is 5.82 Å². The van der Waals surface area contributed by atoms with E-state index in [9.17, 15) is 9.18 Å². The number of aromatic nitrogens is 2. The van der Waals surface area contributed by atoms with Crippen molar-refractivity contribution in [3.8, 4) is 11.6 Å². The number of methoxy groups -OCH3 is 1. The number of nitrogens with zero attached hydrogens (tertiary/aromatic N) is 2. The zero-order valence-electron chi connectivity index (χ0n) is 17.8. The van der Waals surface area contributed by atoms with E-state index in [1.54, 1.807) is 43.5 Å². The normalized spacial score (nSPS) is 12.2. The number of carbonyl (C=O) groups excluding carboxylic acids is 1. The van der Waals surface area contributed by atoms with E-state index in [4.69, 9.17) is 9.47 Å². The van der Waals surface area contributed by atoms with E-state index in [1.165, 1.54) is 6.20 Å². The predicted octanol–water partition coefficient (Wildman–Crippen LogP) is 4.49. The number of fused-ring (bicyclic) bond motifs is 1. The molecular formula is C24H23FN4O3. The van der Waals surface area contributed by atoms with Gasteiger partial charge in [-0.1, -0.05) is 23.8 Å². The number of hydrogen-bond donors (Lipinski definition) is 2. The van der Waals surface area contributed by atoms with Crippen LogP contribution in [0.4, 0.5) is 16.0 Å². The van der Waals surface area contributed by atoms with Gasteiger partial charge in [0.2, 0.25) is 11.8 Å². The van der Waals surface area contributed by atoms with Gasteiger partial charge in [-0.15, -0.1) is 0 Å². The molecule has 0 saturated heterocycles. The van der Waals surface area contributed by atoms with Crippen LogP contribution in [0, 0.1) is 5.82 Å². The summed E-state index contributed by atoms with van der Waals surface area (Å²) < 4.78 is 25.5. The molecule has 0 atom stereocenters. The Labute approximate surface area is 185 Å². The van der Waals surface area contributed by atoms with Gasteiger partial charge in [0.05, 0.1) is 6.61 Å². The van der Waals surface area contributed by atoms with Gasteiger partial charge in [-0.05, 0) is 43.2 Å². The molecule has 1 heterocycles. The standard InChI is InChI=1S/C24H23FN4O3/c1-15-12-16-6-7-20(22(25)19(16)13-15)32-21-8-9-27-24(29-21)28-18-5-3-4-17(14-18)23(30)26-10-11-31-2/h3-9,13-14H,10-12H2,1-2H3,(H,26,30)(H,27,28,29). The minimum absolute atomic E-state index is 0.106. The Morgan fingerprint density at radius 2 is 2.09 bits per heavy atom. The zero-order valence-corrected chi connectivity index (χ0v) is 17.8. The van der Waals surface area contributed by atoms with Crippen LogP contribution in [0.25, 0.3) is 6.08 Å². The Balaban J connectivity index is 1.47. The Kier molecular flexibility index (Phi) is 6.42. The number of benzene rings is 2. The molecule has 0 aliphatic heterocycles. The number of rotatable bonds is 8. The molecule has 2 aromatic carbocycles. The molecule has 0 spiro atoms. The van der Waals surface area contributed by atoms with Crippen molar-refractivity contribution in [2.45, 2.75) is 13.3 Å². The van der Waals surface area contributed by atoms with Crippen molar-refractivity contribution in [2.75, 3.05) is 25.6 Å². The highest BCUT2D eigenvalue weighted by molar-refractivity contribution is 5.95. The van der Waals surface area contributed by atoms with Crippen molar-refractivity contribution in [1.82, 2.24) is 15.3 Å². The second kappa shape index (κ2) is 9.57. The van der Waals surface area contributed by atoms with Gasteiger partial charge in [-0.3, -0.25) is 4.79 Å². The maximum absolute atomic E-state index is 14.8. The number of carbonyl (C=O) groups is 1. The maximum Gasteiger partial charge on any atom is 0.251 e. The Morgan fingerprint density at radius 3 is 2.94 bits per heavy atom. The lowest BCUT2D eigenvalue weighted by Crippen LogP contribution is -2.26. The molecule has 0 fully saturated rings. The van der Waals surface area contributed by atoms with Crippen LogP contribution >= 0.6 is 0 Å². The van der Waals surface area contributed by atoms with Crippen LogP contribution in [0.3, 0.4) is 0 Å². The maximum atomic E-state index is 14.8. The van der Waals surface area contributed by atoms with Crippen LogP contribution in [0.2, 0.25) is 0 Å². The van der Waals surface area contributed by atoms with Crippen LogP contribution in [0.1, 0.15) is 28.4 Å². The molecule has 1 aliphatic carbocycles. The molecule has 7 nitrogen and oxygen atoms in total. The molecule has 1 aromatic heterocycles. The van der Waals surface area contributed by atoms with Crippen molar-refractivity contribution in [3.63, 3.8) is 0 Å². The van der Waals surface area contributed by atoms with Crippen molar-refractivity contribution in [1.29, 1.82) is 0 Å². The lowest BCUT2D eigenvalue weighted by Gasteiger charge is -2.11. The topological polar surface area (TPSA) is 85.4 Å². The van der Waals surface area contributed by atoms with Gasteiger partial charge in [0.1, 0.15) is 0 Å². The van der Waals surface area contributed by atoms with E-state index in [0.717, 1.165) is 17.6 Å². The smallest absolute Gasteiger partial charge is 0.251 e. The molecule has 0 saturated carbocycles. The summed E-state index contributed by atoms with van der Waals surface area (Å²) in [5.41, 5.74) is 3.74. The minimum atomic E-state index is -0.403. The molecule has 3 aromatic rings. The predicted molar refractivity (Wildman–Crippen MR) is 120 cm³/mol. The lowest BCUT2D eigenvalue weighted by atomic mass is 10.1. The van der Waals surface area contributed by atoms with Gasteiger partial charge in [-0.25, -0.2) is 9.37 Å². The molecule has 4 rings (SSSR count). The van der Waals surface area contributed by atoms with E-state index in [1.807, 2.05) is 19.1 Å². The first-order valence-electron chi connectivity index (χ1n) is 10.2. The summed E-state index contributed by atoms with van der Waals surface area (Å²) >= 11 is 0. The molecule has 0 radical (unpaired) electrons. The third-order valence-electron chi connectivity index (χ3n) is 4.91. The highest BCUT2D eigenvalue weighted by Gasteiger charge is 2.18. The number of allylic oxidation sites excluding steroid dienone is 1. The minimum Gasteiger partial charge on any atom is -0.436 e. The first-order valence-corrected chi connectivity index (χ1v) is 10.2. The Morgan fingerprint density at radius 1 is 1.22 bits per heavy atom. The highest BCUT2D eigenvalue weighted by atomic mass is 19.1. The molecular weight excluding hydrogens is 411 g/mol. The van der Waals surface area contributed by atoms with E-state index in [-0.39, 0.29) is 23.5 Å². The van der Waals surface area contributed by atoms with Crippen molar-refractivity contribution in [3.05, 3.63) is 76.7 Å². The summed E-state index contributed by atoms with van der Waals surface area (Å²) in [6.07, 6.45) is 4.10. The molecule has 32 heavy (non-hydrogen) atoms. The molecule has 2 N–H and O–H groups in total. The van der Waals surface area contributed by atoms with Crippen molar-refractivity contribution in [2.24, 2.45) is 0 Å². The fraction of sp³-hybridized carbons (Fsp3) is 0.208. The molecule has 0 unspecified atom stereocenters. The largest absolute Gasteiger partial charge is 0.436 e. The van der Waals surface area contributed by atoms with Crippen LogP contribution < -0.4 is 15.4 Å². The summed E-state index contributed by atoms with van der Waals surface area (Å²) in [5, 5.41) is 5.82. The van der Waals surface area contributed by atoms with Gasteiger partial charge in [0.15, 0.2) is 11.6 Å². The van der Waals surface area contributed by atoms with Crippen LogP contribution in [0.15, 0.2) is 54.2 Å². The van der Waals surface area contributed by atoms with E-state index >= 15 is 0 Å². The summed E-state index contributed by atoms with van der Waals surface area (Å²) in [5.74, 6) is -0.0425. The van der Waals surface area contributed by atoms with Gasteiger partial charge in [0, 0.05) is 42.7 Å². The number of anilines is 2. The SMILES string of the molecule is COCCNC(=O)c1cccc(Nc2nccc(Oc3ccc4c(c3F)C=C(C)C4)n2)c1. The third-order valence-corrected chi connectivity index (χ3v) is 4.91. The second-order valence-electron chi connectivity index (χ2n) is 7.39. The number of hydrogen-bond acceptors (Lipinski definition) is 6. The molecule has 1 amide bonds. The Bertz CT molecular complexity index is 1180. The van der Waals surface area contributed by atoms with Crippen LogP contribution in [-0.2, 0) is 11.2 Å². The summed E-state index contributed by atoms with van der Waals surface area (Å²) in [6, 6.07) is 12.0. The van der Waals surface area contributed by atoms with Crippen LogP contribution in [0.5, 0.6) is 11.6 Å². The van der Waals surface area contributed by atoms with Gasteiger partial charge < -0.3 is 20.1 Å². The number of ether oxygens (including phenoxy) is 2. The third kappa shape index (κ3) is 4.92. The first kappa shape index (κ1) is 21.5. The van der Waals surface area contributed by atoms with Gasteiger partial charge in [-0.2, -0.15) is 4.98 Å². The molecule has 164 valence electrons. The number of halogens is 1. The van der Waals surface area contributed by atoms with E-state index in [2.05, 4.69) is 20.6 Å². The van der Waals surface area contributed by atoms with Crippen molar-refractivity contribution >= 4 is 23.6 Å². The van der Waals surface area contributed by atoms with E-state index in [0.29, 0.717) is 30.0 Å². The number of amides is 1. The second-order valence-corrected chi connectivity index (χ2v) is 7.39. The average molecular weight is 434 g/mol. The summed E-state index contributed by atoms with van der Waals surface area (Å²) in [6.45, 7) is 2.83. The summed E-state index contributed by atoms with van der Waals surface area (Å²) in [7, 11) is 1.57. The quantitative estimate of drug-likeness (QED) is 0.508. The van der Waals surface area contributed by atoms with Crippen LogP contribution in [-0.4, -0.2) is 36.1 Å². The fourth-order valence-electron chi connectivity index (χ4n) is 3.41. The average Bonchev–Trinajstić information content (AvgIpc) is 3.17. The van der Waals surface area contributed by atoms with Gasteiger partial charge in [0.25, 0.3) is 5.91 Å². The first-order chi connectivity index (χ1) is 15.5. The molecule has 8 heteroatoms. The number of nitrogens with one attached hydrogen (secondary N) is 2.